The molecule has 0 aromatic carbocycles. The second kappa shape index (κ2) is 15.9. The predicted octanol–water partition coefficient (Wildman–Crippen LogP) is -4.04. The molecule has 12 N–H and O–H groups in total. The first-order chi connectivity index (χ1) is 14.2. The lowest BCUT2D eigenvalue weighted by molar-refractivity contribution is -0.131. The summed E-state index contributed by atoms with van der Waals surface area (Å²) in [6.45, 7) is 0.206. The summed E-state index contributed by atoms with van der Waals surface area (Å²) in [5.41, 5.74) is 21.0. The third-order valence-corrected chi connectivity index (χ3v) is 4.07. The molecule has 0 fully saturated rings. The number of amides is 4. The number of rotatable bonds is 16. The first-order valence-electron chi connectivity index (χ1n) is 9.77. The van der Waals surface area contributed by atoms with E-state index in [9.17, 15) is 19.2 Å². The van der Waals surface area contributed by atoms with Crippen molar-refractivity contribution in [2.24, 2.45) is 27.9 Å². The fourth-order valence-electron chi connectivity index (χ4n) is 2.51. The SMILES string of the molecule is CNC(CCCN=C(N)N)C(=O)NCC(=O)NC(CCCCN)C(=O)NCC(N)=O. The summed E-state index contributed by atoms with van der Waals surface area (Å²) in [5.74, 6) is -2.14. The van der Waals surface area contributed by atoms with E-state index in [1.807, 2.05) is 0 Å². The molecule has 0 saturated heterocycles. The van der Waals surface area contributed by atoms with Gasteiger partial charge in [-0.25, -0.2) is 0 Å². The summed E-state index contributed by atoms with van der Waals surface area (Å²) in [4.78, 5) is 51.3. The summed E-state index contributed by atoms with van der Waals surface area (Å²) in [6, 6.07) is -1.38. The minimum absolute atomic E-state index is 0.0157. The zero-order valence-corrected chi connectivity index (χ0v) is 17.4. The number of guanidine groups is 1. The van der Waals surface area contributed by atoms with Crippen LogP contribution < -0.4 is 44.2 Å². The topological polar surface area (TPSA) is 233 Å². The Balaban J connectivity index is 4.58. The molecule has 0 aliphatic carbocycles. The smallest absolute Gasteiger partial charge is 0.243 e. The van der Waals surface area contributed by atoms with Crippen LogP contribution in [0.25, 0.3) is 0 Å². The van der Waals surface area contributed by atoms with Crippen molar-refractivity contribution in [2.45, 2.75) is 44.2 Å². The van der Waals surface area contributed by atoms with Crippen molar-refractivity contribution in [3.05, 3.63) is 0 Å². The normalized spacial score (nSPS) is 12.3. The van der Waals surface area contributed by atoms with Gasteiger partial charge >= 0.3 is 0 Å². The Hall–Kier alpha value is -2.93. The minimum atomic E-state index is -0.861. The lowest BCUT2D eigenvalue weighted by Crippen LogP contribution is -2.52. The lowest BCUT2D eigenvalue weighted by atomic mass is 10.1. The highest BCUT2D eigenvalue weighted by atomic mass is 16.2. The van der Waals surface area contributed by atoms with E-state index in [1.54, 1.807) is 7.05 Å². The maximum absolute atomic E-state index is 12.2. The van der Waals surface area contributed by atoms with Crippen LogP contribution in [0, 0.1) is 0 Å². The first kappa shape index (κ1) is 27.1. The van der Waals surface area contributed by atoms with Gasteiger partial charge in [0.1, 0.15) is 6.04 Å². The van der Waals surface area contributed by atoms with Gasteiger partial charge in [-0.1, -0.05) is 0 Å². The number of carbonyl (C=O) groups is 4. The monoisotopic (exact) mass is 429 g/mol. The van der Waals surface area contributed by atoms with Crippen LogP contribution in [0.1, 0.15) is 32.1 Å². The maximum Gasteiger partial charge on any atom is 0.243 e. The zero-order chi connectivity index (χ0) is 22.9. The van der Waals surface area contributed by atoms with Gasteiger partial charge in [0.2, 0.25) is 23.6 Å². The standard InChI is InChI=1S/C17H35N9O4/c1-22-11(6-4-8-23-17(20)21)15(29)25-10-14(28)26-12(5-2-3-7-18)16(30)24-9-13(19)27/h11-12,22H,2-10,18H2,1H3,(H2,19,27)(H,24,30)(H,25,29)(H,26,28)(H4,20,21,23). The Morgan fingerprint density at radius 1 is 0.867 bits per heavy atom. The third-order valence-electron chi connectivity index (χ3n) is 4.07. The van der Waals surface area contributed by atoms with Gasteiger partial charge in [0.15, 0.2) is 5.96 Å². The molecule has 2 unspecified atom stereocenters. The van der Waals surface area contributed by atoms with Crippen LogP contribution in [0.4, 0.5) is 0 Å². The molecule has 0 rings (SSSR count). The van der Waals surface area contributed by atoms with Crippen molar-refractivity contribution < 1.29 is 19.2 Å². The number of unbranched alkanes of at least 4 members (excludes halogenated alkanes) is 1. The molecule has 4 amide bonds. The van der Waals surface area contributed by atoms with Crippen molar-refractivity contribution in [1.82, 2.24) is 21.3 Å². The van der Waals surface area contributed by atoms with Crippen LogP contribution in [0.2, 0.25) is 0 Å². The van der Waals surface area contributed by atoms with Gasteiger partial charge in [-0.05, 0) is 45.7 Å². The summed E-state index contributed by atoms with van der Waals surface area (Å²) < 4.78 is 0. The lowest BCUT2D eigenvalue weighted by Gasteiger charge is -2.19. The number of primary amides is 1. The van der Waals surface area contributed by atoms with E-state index < -0.39 is 29.8 Å². The van der Waals surface area contributed by atoms with Crippen molar-refractivity contribution in [3.8, 4) is 0 Å². The number of likely N-dealkylation sites (N-methyl/N-ethyl adjacent to an activating group) is 1. The van der Waals surface area contributed by atoms with Crippen molar-refractivity contribution in [1.29, 1.82) is 0 Å². The number of carbonyl (C=O) groups excluding carboxylic acids is 4. The van der Waals surface area contributed by atoms with Crippen molar-refractivity contribution in [2.75, 3.05) is 33.2 Å². The summed E-state index contributed by atoms with van der Waals surface area (Å²) >= 11 is 0. The molecule has 0 aliphatic heterocycles. The quantitative estimate of drug-likeness (QED) is 0.0681. The molecule has 0 bridgehead atoms. The molecule has 0 spiro atoms. The molecule has 0 radical (unpaired) electrons. The van der Waals surface area contributed by atoms with E-state index in [-0.39, 0.29) is 25.0 Å². The van der Waals surface area contributed by atoms with Gasteiger partial charge in [0.25, 0.3) is 0 Å². The van der Waals surface area contributed by atoms with Crippen LogP contribution in [0.15, 0.2) is 4.99 Å². The highest BCUT2D eigenvalue weighted by Crippen LogP contribution is 2.01. The van der Waals surface area contributed by atoms with E-state index in [0.29, 0.717) is 45.2 Å². The molecule has 0 aliphatic rings. The van der Waals surface area contributed by atoms with Gasteiger partial charge in [0, 0.05) is 6.54 Å². The van der Waals surface area contributed by atoms with E-state index in [1.165, 1.54) is 0 Å². The summed E-state index contributed by atoms with van der Waals surface area (Å²) in [7, 11) is 1.63. The molecule has 172 valence electrons. The first-order valence-corrected chi connectivity index (χ1v) is 9.77. The van der Waals surface area contributed by atoms with Crippen molar-refractivity contribution >= 4 is 29.6 Å². The molecule has 30 heavy (non-hydrogen) atoms. The van der Waals surface area contributed by atoms with E-state index in [4.69, 9.17) is 22.9 Å². The van der Waals surface area contributed by atoms with E-state index in [2.05, 4.69) is 26.3 Å². The Bertz CT molecular complexity index is 594. The van der Waals surface area contributed by atoms with Gasteiger partial charge in [-0.3, -0.25) is 24.2 Å². The van der Waals surface area contributed by atoms with E-state index in [0.717, 1.165) is 0 Å². The third kappa shape index (κ3) is 13.3. The number of nitrogens with zero attached hydrogens (tertiary/aromatic N) is 1. The zero-order valence-electron chi connectivity index (χ0n) is 17.4. The minimum Gasteiger partial charge on any atom is -0.370 e. The second-order valence-corrected chi connectivity index (χ2v) is 6.60. The average molecular weight is 430 g/mol. The number of nitrogens with two attached hydrogens (primary N) is 4. The molecule has 13 nitrogen and oxygen atoms in total. The van der Waals surface area contributed by atoms with Crippen LogP contribution in [-0.2, 0) is 19.2 Å². The molecule has 0 aromatic heterocycles. The summed E-state index contributed by atoms with van der Waals surface area (Å²) in [5, 5.41) is 10.3. The molecule has 0 saturated carbocycles. The van der Waals surface area contributed by atoms with Crippen LogP contribution >= 0.6 is 0 Å². The highest BCUT2D eigenvalue weighted by molar-refractivity contribution is 5.92. The fourth-order valence-corrected chi connectivity index (χ4v) is 2.51. The largest absolute Gasteiger partial charge is 0.370 e. The Kier molecular flexibility index (Phi) is 14.4. The maximum atomic E-state index is 12.2. The number of nitrogens with one attached hydrogen (secondary N) is 4. The summed E-state index contributed by atoms with van der Waals surface area (Å²) in [6.07, 6.45) is 2.67. The van der Waals surface area contributed by atoms with Crippen LogP contribution in [0.5, 0.6) is 0 Å². The number of hydrogen-bond acceptors (Lipinski definition) is 7. The number of aliphatic imine (C=N–C) groups is 1. The molecular weight excluding hydrogens is 394 g/mol. The Morgan fingerprint density at radius 2 is 1.47 bits per heavy atom. The Morgan fingerprint density at radius 3 is 2.03 bits per heavy atom. The number of hydrogen-bond donors (Lipinski definition) is 8. The molecule has 13 heteroatoms. The molecular formula is C17H35N9O4. The van der Waals surface area contributed by atoms with Gasteiger partial charge in [0.05, 0.1) is 19.1 Å². The second-order valence-electron chi connectivity index (χ2n) is 6.60. The van der Waals surface area contributed by atoms with E-state index >= 15 is 0 Å². The van der Waals surface area contributed by atoms with Crippen LogP contribution in [0.3, 0.4) is 0 Å². The molecule has 2 atom stereocenters. The Labute approximate surface area is 176 Å². The van der Waals surface area contributed by atoms with Crippen molar-refractivity contribution in [3.63, 3.8) is 0 Å². The van der Waals surface area contributed by atoms with Gasteiger partial charge in [-0.2, -0.15) is 0 Å². The predicted molar refractivity (Wildman–Crippen MR) is 113 cm³/mol. The average Bonchev–Trinajstić information content (AvgIpc) is 2.69. The van der Waals surface area contributed by atoms with Gasteiger partial charge < -0.3 is 44.2 Å². The fraction of sp³-hybridized carbons (Fsp3) is 0.706. The highest BCUT2D eigenvalue weighted by Gasteiger charge is 2.22. The van der Waals surface area contributed by atoms with Gasteiger partial charge in [-0.15, -0.1) is 0 Å². The van der Waals surface area contributed by atoms with Crippen LogP contribution in [-0.4, -0.2) is 74.9 Å². The molecule has 0 aromatic rings. The molecule has 0 heterocycles.